The number of carbonyl (C=O) groups excluding carboxylic acids is 1. The van der Waals surface area contributed by atoms with E-state index in [-0.39, 0.29) is 12.0 Å². The Balaban J connectivity index is 1.75. The highest BCUT2D eigenvalue weighted by molar-refractivity contribution is 5.81. The molecule has 1 amide bonds. The predicted octanol–water partition coefficient (Wildman–Crippen LogP) is 2.73. The van der Waals surface area contributed by atoms with Gasteiger partial charge in [0.05, 0.1) is 0 Å². The van der Waals surface area contributed by atoms with Gasteiger partial charge in [0.1, 0.15) is 6.04 Å². The second-order valence-corrected chi connectivity index (χ2v) is 6.46. The van der Waals surface area contributed by atoms with Gasteiger partial charge in [0.15, 0.2) is 5.82 Å². The van der Waals surface area contributed by atoms with E-state index in [1.165, 1.54) is 0 Å². The van der Waals surface area contributed by atoms with E-state index >= 15 is 0 Å². The van der Waals surface area contributed by atoms with Gasteiger partial charge in [-0.2, -0.15) is 4.98 Å². The average molecular weight is 277 g/mol. The Labute approximate surface area is 119 Å². The number of rotatable bonds is 4. The number of piperidine rings is 1. The predicted molar refractivity (Wildman–Crippen MR) is 73.9 cm³/mol. The third kappa shape index (κ3) is 2.86. The minimum Gasteiger partial charge on any atom is -0.337 e. The highest BCUT2D eigenvalue weighted by Crippen LogP contribution is 2.37. The lowest BCUT2D eigenvalue weighted by molar-refractivity contribution is -0.137. The van der Waals surface area contributed by atoms with Crippen LogP contribution in [-0.4, -0.2) is 27.5 Å². The van der Waals surface area contributed by atoms with Gasteiger partial charge in [-0.1, -0.05) is 19.0 Å². The van der Waals surface area contributed by atoms with Crippen LogP contribution in [0.15, 0.2) is 4.52 Å². The number of hydrogen-bond donors (Lipinski definition) is 0. The van der Waals surface area contributed by atoms with E-state index in [4.69, 9.17) is 4.52 Å². The number of aromatic nitrogens is 2. The van der Waals surface area contributed by atoms with Crippen molar-refractivity contribution in [3.8, 4) is 0 Å². The molecular formula is C15H23N3O2. The first kappa shape index (κ1) is 13.6. The van der Waals surface area contributed by atoms with Gasteiger partial charge < -0.3 is 9.42 Å². The molecule has 3 rings (SSSR count). The number of amides is 1. The fourth-order valence-electron chi connectivity index (χ4n) is 2.87. The second-order valence-electron chi connectivity index (χ2n) is 6.46. The van der Waals surface area contributed by atoms with Crippen molar-refractivity contribution in [3.63, 3.8) is 0 Å². The molecule has 0 radical (unpaired) electrons. The summed E-state index contributed by atoms with van der Waals surface area (Å²) in [5, 5.41) is 4.06. The van der Waals surface area contributed by atoms with Gasteiger partial charge in [-0.05, 0) is 38.0 Å². The van der Waals surface area contributed by atoms with Gasteiger partial charge in [0, 0.05) is 18.9 Å². The molecule has 0 bridgehead atoms. The van der Waals surface area contributed by atoms with E-state index in [0.717, 1.165) is 50.9 Å². The summed E-state index contributed by atoms with van der Waals surface area (Å²) < 4.78 is 5.43. The minimum atomic E-state index is 0.00487. The molecule has 1 atom stereocenters. The van der Waals surface area contributed by atoms with Crippen LogP contribution < -0.4 is 0 Å². The first-order chi connectivity index (χ1) is 9.65. The lowest BCUT2D eigenvalue weighted by Crippen LogP contribution is -2.39. The van der Waals surface area contributed by atoms with Crippen molar-refractivity contribution in [2.24, 2.45) is 11.8 Å². The van der Waals surface area contributed by atoms with E-state index in [2.05, 4.69) is 24.0 Å². The van der Waals surface area contributed by atoms with Crippen LogP contribution in [0.4, 0.5) is 0 Å². The fourth-order valence-corrected chi connectivity index (χ4v) is 2.87. The quantitative estimate of drug-likeness (QED) is 0.849. The Hall–Kier alpha value is -1.39. The van der Waals surface area contributed by atoms with Crippen LogP contribution in [0.5, 0.6) is 0 Å². The molecule has 0 unspecified atom stereocenters. The van der Waals surface area contributed by atoms with Crippen molar-refractivity contribution in [2.75, 3.05) is 6.54 Å². The second kappa shape index (κ2) is 5.54. The number of carbonyl (C=O) groups is 1. The summed E-state index contributed by atoms with van der Waals surface area (Å²) in [6.45, 7) is 5.11. The van der Waals surface area contributed by atoms with Gasteiger partial charge >= 0.3 is 0 Å². The third-order valence-electron chi connectivity index (χ3n) is 4.07. The molecule has 0 aromatic carbocycles. The number of hydrogen-bond acceptors (Lipinski definition) is 4. The molecule has 5 nitrogen and oxygen atoms in total. The third-order valence-corrected chi connectivity index (χ3v) is 4.07. The van der Waals surface area contributed by atoms with Crippen LogP contribution in [0.1, 0.15) is 63.7 Å². The molecule has 2 fully saturated rings. The number of likely N-dealkylation sites (tertiary alicyclic amines) is 1. The Morgan fingerprint density at radius 1 is 1.35 bits per heavy atom. The maximum Gasteiger partial charge on any atom is 0.249 e. The van der Waals surface area contributed by atoms with Crippen LogP contribution in [0.2, 0.25) is 0 Å². The van der Waals surface area contributed by atoms with Gasteiger partial charge in [-0.3, -0.25) is 4.79 Å². The van der Waals surface area contributed by atoms with Crippen LogP contribution in [0.25, 0.3) is 0 Å². The van der Waals surface area contributed by atoms with Crippen molar-refractivity contribution in [1.82, 2.24) is 15.0 Å². The zero-order valence-corrected chi connectivity index (χ0v) is 12.3. The van der Waals surface area contributed by atoms with E-state index in [0.29, 0.717) is 17.7 Å². The van der Waals surface area contributed by atoms with Crippen molar-refractivity contribution in [1.29, 1.82) is 0 Å². The highest BCUT2D eigenvalue weighted by atomic mass is 16.5. The molecule has 1 saturated carbocycles. The Kier molecular flexibility index (Phi) is 3.76. The summed E-state index contributed by atoms with van der Waals surface area (Å²) in [7, 11) is 0. The Morgan fingerprint density at radius 2 is 2.15 bits per heavy atom. The highest BCUT2D eigenvalue weighted by Gasteiger charge is 2.39. The van der Waals surface area contributed by atoms with Gasteiger partial charge in [0.2, 0.25) is 11.8 Å². The molecule has 0 N–H and O–H groups in total. The SMILES string of the molecule is CC(C)Cc1noc([C@H]2CCCCN2C(=O)C2CC2)n1. The summed E-state index contributed by atoms with van der Waals surface area (Å²) in [6, 6.07) is 0.00487. The normalized spacial score (nSPS) is 23.4. The largest absolute Gasteiger partial charge is 0.337 e. The van der Waals surface area contributed by atoms with Gasteiger partial charge in [0.25, 0.3) is 0 Å². The molecule has 5 heteroatoms. The van der Waals surface area contributed by atoms with Crippen LogP contribution in [-0.2, 0) is 11.2 Å². The van der Waals surface area contributed by atoms with Crippen molar-refractivity contribution >= 4 is 5.91 Å². The lowest BCUT2D eigenvalue weighted by Gasteiger charge is -2.33. The summed E-state index contributed by atoms with van der Waals surface area (Å²) >= 11 is 0. The maximum absolute atomic E-state index is 12.4. The average Bonchev–Trinajstić information content (AvgIpc) is 3.18. The molecule has 110 valence electrons. The van der Waals surface area contributed by atoms with Crippen molar-refractivity contribution in [2.45, 2.75) is 58.4 Å². The molecule has 1 aromatic heterocycles. The zero-order valence-electron chi connectivity index (χ0n) is 12.3. The topological polar surface area (TPSA) is 59.2 Å². The first-order valence-corrected chi connectivity index (χ1v) is 7.78. The van der Waals surface area contributed by atoms with E-state index < -0.39 is 0 Å². The molecule has 0 spiro atoms. The zero-order chi connectivity index (χ0) is 14.1. The Bertz CT molecular complexity index is 479. The smallest absolute Gasteiger partial charge is 0.249 e. The summed E-state index contributed by atoms with van der Waals surface area (Å²) in [5.74, 6) is 2.46. The van der Waals surface area contributed by atoms with Crippen LogP contribution in [0, 0.1) is 11.8 Å². The van der Waals surface area contributed by atoms with E-state index in [1.807, 2.05) is 4.90 Å². The minimum absolute atomic E-state index is 0.00487. The molecular weight excluding hydrogens is 254 g/mol. The van der Waals surface area contributed by atoms with Gasteiger partial charge in [-0.15, -0.1) is 0 Å². The summed E-state index contributed by atoms with van der Waals surface area (Å²) in [4.78, 5) is 18.9. The maximum atomic E-state index is 12.4. The molecule has 2 aliphatic rings. The van der Waals surface area contributed by atoms with E-state index in [1.54, 1.807) is 0 Å². The summed E-state index contributed by atoms with van der Waals surface area (Å²) in [5.41, 5.74) is 0. The van der Waals surface area contributed by atoms with Crippen LogP contribution >= 0.6 is 0 Å². The molecule has 1 aliphatic heterocycles. The molecule has 2 heterocycles. The van der Waals surface area contributed by atoms with Crippen molar-refractivity contribution in [3.05, 3.63) is 11.7 Å². The molecule has 1 saturated heterocycles. The van der Waals surface area contributed by atoms with Gasteiger partial charge in [-0.25, -0.2) is 0 Å². The summed E-state index contributed by atoms with van der Waals surface area (Å²) in [6.07, 6.45) is 6.08. The van der Waals surface area contributed by atoms with Crippen LogP contribution in [0.3, 0.4) is 0 Å². The molecule has 1 aliphatic carbocycles. The Morgan fingerprint density at radius 3 is 2.85 bits per heavy atom. The lowest BCUT2D eigenvalue weighted by atomic mass is 10.0. The standard InChI is InChI=1S/C15H23N3O2/c1-10(2)9-13-16-14(20-17-13)12-5-3-4-8-18(12)15(19)11-6-7-11/h10-12H,3-9H2,1-2H3/t12-/m1/s1. The fraction of sp³-hybridized carbons (Fsp3) is 0.800. The molecule has 1 aromatic rings. The van der Waals surface area contributed by atoms with Crippen molar-refractivity contribution < 1.29 is 9.32 Å². The molecule has 20 heavy (non-hydrogen) atoms. The monoisotopic (exact) mass is 277 g/mol. The first-order valence-electron chi connectivity index (χ1n) is 7.78. The number of nitrogens with zero attached hydrogens (tertiary/aromatic N) is 3. The van der Waals surface area contributed by atoms with E-state index in [9.17, 15) is 4.79 Å².